The Morgan fingerprint density at radius 2 is 1.90 bits per heavy atom. The Hall–Kier alpha value is -2.58. The third-order valence-electron chi connectivity index (χ3n) is 6.41. The number of hydrogen-bond donors (Lipinski definition) is 0. The average molecular weight is 429 g/mol. The van der Waals surface area contributed by atoms with Gasteiger partial charge in [-0.2, -0.15) is 0 Å². The number of rotatable bonds is 4. The molecule has 1 spiro atoms. The van der Waals surface area contributed by atoms with Crippen LogP contribution in [0.2, 0.25) is 0 Å². The zero-order valence-corrected chi connectivity index (χ0v) is 18.5. The number of nitrogens with zero attached hydrogens (tertiary/aromatic N) is 4. The number of ether oxygens (including phenoxy) is 2. The maximum absolute atomic E-state index is 13.0. The third kappa shape index (κ3) is 4.55. The number of para-hydroxylation sites is 2. The maximum Gasteiger partial charge on any atom is 0.256 e. The van der Waals surface area contributed by atoms with Crippen LogP contribution < -0.4 is 9.64 Å². The summed E-state index contributed by atoms with van der Waals surface area (Å²) < 4.78 is 11.5. The van der Waals surface area contributed by atoms with Crippen molar-refractivity contribution in [3.05, 3.63) is 36.4 Å². The summed E-state index contributed by atoms with van der Waals surface area (Å²) in [7, 11) is 3.48. The van der Waals surface area contributed by atoms with Crippen molar-refractivity contribution in [2.45, 2.75) is 12.0 Å². The first kappa shape index (κ1) is 21.6. The van der Waals surface area contributed by atoms with Gasteiger partial charge in [-0.1, -0.05) is 24.3 Å². The van der Waals surface area contributed by atoms with Crippen LogP contribution in [0.25, 0.3) is 0 Å². The van der Waals surface area contributed by atoms with Crippen LogP contribution in [0.4, 0.5) is 5.69 Å². The van der Waals surface area contributed by atoms with Gasteiger partial charge < -0.3 is 24.2 Å². The molecule has 2 amide bonds. The summed E-state index contributed by atoms with van der Waals surface area (Å²) >= 11 is 0. The number of piperazine rings is 1. The van der Waals surface area contributed by atoms with Gasteiger partial charge in [0, 0.05) is 59.3 Å². The van der Waals surface area contributed by atoms with Gasteiger partial charge in [0.05, 0.1) is 25.9 Å². The van der Waals surface area contributed by atoms with Gasteiger partial charge in [-0.3, -0.25) is 14.5 Å². The van der Waals surface area contributed by atoms with E-state index in [1.54, 1.807) is 19.1 Å². The lowest BCUT2D eigenvalue weighted by Gasteiger charge is -2.43. The van der Waals surface area contributed by atoms with Crippen LogP contribution in [-0.4, -0.2) is 105 Å². The van der Waals surface area contributed by atoms with Crippen LogP contribution >= 0.6 is 0 Å². The Kier molecular flexibility index (Phi) is 6.48. The number of likely N-dealkylation sites (N-methyl/N-ethyl adjacent to an activating group) is 1. The van der Waals surface area contributed by atoms with E-state index in [-0.39, 0.29) is 11.8 Å². The van der Waals surface area contributed by atoms with Crippen molar-refractivity contribution in [2.75, 3.05) is 78.0 Å². The van der Waals surface area contributed by atoms with E-state index in [4.69, 9.17) is 9.47 Å². The number of carbonyl (C=O) groups excluding carboxylic acids is 2. The number of benzene rings is 1. The number of methoxy groups -OCH3 is 1. The number of carbonyl (C=O) groups is 2. The summed E-state index contributed by atoms with van der Waals surface area (Å²) in [5, 5.41) is 0. The normalized spacial score (nSPS) is 25.1. The molecule has 1 aromatic rings. The van der Waals surface area contributed by atoms with Crippen molar-refractivity contribution in [3.8, 4) is 5.75 Å². The van der Waals surface area contributed by atoms with Crippen molar-refractivity contribution in [1.29, 1.82) is 0 Å². The Bertz CT molecular complexity index is 837. The minimum Gasteiger partial charge on any atom is -0.495 e. The predicted octanol–water partition coefficient (Wildman–Crippen LogP) is 0.833. The smallest absolute Gasteiger partial charge is 0.256 e. The standard InChI is InChI=1S/C23H32N4O4/c1-24-10-6-5-9-23(22(24)29)18-25(15-16-31-23)17-21(28)27-13-11-26(12-14-27)19-7-3-4-8-20(19)30-2/h3-8H,9-18H2,1-2H3. The molecule has 3 aliphatic heterocycles. The van der Waals surface area contributed by atoms with Gasteiger partial charge in [-0.15, -0.1) is 0 Å². The van der Waals surface area contributed by atoms with Crippen molar-refractivity contribution in [2.24, 2.45) is 0 Å². The van der Waals surface area contributed by atoms with Crippen LogP contribution in [0.3, 0.4) is 0 Å². The van der Waals surface area contributed by atoms with Gasteiger partial charge in [-0.25, -0.2) is 0 Å². The van der Waals surface area contributed by atoms with E-state index in [2.05, 4.69) is 15.9 Å². The molecule has 0 N–H and O–H groups in total. The molecule has 2 saturated heterocycles. The second-order valence-electron chi connectivity index (χ2n) is 8.45. The van der Waals surface area contributed by atoms with Gasteiger partial charge >= 0.3 is 0 Å². The topological polar surface area (TPSA) is 65.6 Å². The van der Waals surface area contributed by atoms with Crippen LogP contribution in [0.15, 0.2) is 36.4 Å². The number of anilines is 1. The third-order valence-corrected chi connectivity index (χ3v) is 6.41. The molecule has 0 aromatic heterocycles. The zero-order chi connectivity index (χ0) is 21.8. The number of amides is 2. The highest BCUT2D eigenvalue weighted by Crippen LogP contribution is 2.29. The molecule has 0 saturated carbocycles. The minimum atomic E-state index is -0.872. The Balaban J connectivity index is 1.34. The van der Waals surface area contributed by atoms with Gasteiger partial charge in [0.2, 0.25) is 5.91 Å². The number of morpholine rings is 1. The van der Waals surface area contributed by atoms with Crippen molar-refractivity contribution >= 4 is 17.5 Å². The molecular formula is C23H32N4O4. The predicted molar refractivity (Wildman–Crippen MR) is 118 cm³/mol. The largest absolute Gasteiger partial charge is 0.495 e. The first-order chi connectivity index (χ1) is 15.0. The molecule has 0 radical (unpaired) electrons. The molecule has 31 heavy (non-hydrogen) atoms. The SMILES string of the molecule is COc1ccccc1N1CCN(C(=O)CN2CCOC3(CC=CCN(C)C3=O)C2)CC1. The van der Waals surface area contributed by atoms with E-state index in [1.165, 1.54) is 0 Å². The monoisotopic (exact) mass is 428 g/mol. The van der Waals surface area contributed by atoms with Crippen LogP contribution in [-0.2, 0) is 14.3 Å². The molecule has 4 rings (SSSR count). The van der Waals surface area contributed by atoms with E-state index in [0.29, 0.717) is 52.3 Å². The maximum atomic E-state index is 13.0. The molecule has 2 fully saturated rings. The molecule has 3 heterocycles. The van der Waals surface area contributed by atoms with Crippen molar-refractivity contribution in [3.63, 3.8) is 0 Å². The molecule has 0 aliphatic carbocycles. The molecule has 8 nitrogen and oxygen atoms in total. The lowest BCUT2D eigenvalue weighted by atomic mass is 9.95. The quantitative estimate of drug-likeness (QED) is 0.662. The van der Waals surface area contributed by atoms with Crippen LogP contribution in [0.1, 0.15) is 6.42 Å². The summed E-state index contributed by atoms with van der Waals surface area (Å²) in [5.41, 5.74) is 0.194. The van der Waals surface area contributed by atoms with Crippen molar-refractivity contribution in [1.82, 2.24) is 14.7 Å². The fourth-order valence-corrected chi connectivity index (χ4v) is 4.65. The fraction of sp³-hybridized carbons (Fsp3) is 0.565. The second kappa shape index (κ2) is 9.28. The van der Waals surface area contributed by atoms with E-state index >= 15 is 0 Å². The molecular weight excluding hydrogens is 396 g/mol. The van der Waals surface area contributed by atoms with Crippen LogP contribution in [0.5, 0.6) is 5.75 Å². The summed E-state index contributed by atoms with van der Waals surface area (Å²) in [5.74, 6) is 0.967. The molecule has 3 aliphatic rings. The van der Waals surface area contributed by atoms with E-state index in [0.717, 1.165) is 24.5 Å². The Labute approximate surface area is 184 Å². The highest BCUT2D eigenvalue weighted by molar-refractivity contribution is 5.86. The van der Waals surface area contributed by atoms with E-state index in [1.807, 2.05) is 35.3 Å². The zero-order valence-electron chi connectivity index (χ0n) is 18.5. The first-order valence-electron chi connectivity index (χ1n) is 10.9. The Morgan fingerprint density at radius 1 is 1.13 bits per heavy atom. The van der Waals surface area contributed by atoms with Crippen LogP contribution in [0, 0.1) is 0 Å². The average Bonchev–Trinajstić information content (AvgIpc) is 2.93. The molecule has 8 heteroatoms. The highest BCUT2D eigenvalue weighted by atomic mass is 16.5. The number of hydrogen-bond acceptors (Lipinski definition) is 6. The molecule has 1 unspecified atom stereocenters. The van der Waals surface area contributed by atoms with Gasteiger partial charge in [-0.05, 0) is 12.1 Å². The van der Waals surface area contributed by atoms with Crippen molar-refractivity contribution < 1.29 is 19.1 Å². The summed E-state index contributed by atoms with van der Waals surface area (Å²) in [4.78, 5) is 33.9. The molecule has 1 atom stereocenters. The minimum absolute atomic E-state index is 0.0000664. The first-order valence-corrected chi connectivity index (χ1v) is 10.9. The second-order valence-corrected chi connectivity index (χ2v) is 8.45. The molecule has 0 bridgehead atoms. The summed E-state index contributed by atoms with van der Waals surface area (Å²) in [6, 6.07) is 7.98. The fourth-order valence-electron chi connectivity index (χ4n) is 4.65. The van der Waals surface area contributed by atoms with E-state index in [9.17, 15) is 9.59 Å². The lowest BCUT2D eigenvalue weighted by Crippen LogP contribution is -2.61. The van der Waals surface area contributed by atoms with Gasteiger partial charge in [0.25, 0.3) is 5.91 Å². The summed E-state index contributed by atoms with van der Waals surface area (Å²) in [6.45, 7) is 5.39. The highest BCUT2D eigenvalue weighted by Gasteiger charge is 2.45. The van der Waals surface area contributed by atoms with Gasteiger partial charge in [0.15, 0.2) is 5.60 Å². The van der Waals surface area contributed by atoms with E-state index < -0.39 is 5.60 Å². The summed E-state index contributed by atoms with van der Waals surface area (Å²) in [6.07, 6.45) is 4.57. The molecule has 168 valence electrons. The molecule has 1 aromatic carbocycles. The lowest BCUT2D eigenvalue weighted by molar-refractivity contribution is -0.169. The Morgan fingerprint density at radius 3 is 2.68 bits per heavy atom. The van der Waals surface area contributed by atoms with Gasteiger partial charge in [0.1, 0.15) is 5.75 Å².